The quantitative estimate of drug-likeness (QED) is 0.354. The van der Waals surface area contributed by atoms with Crippen molar-refractivity contribution in [2.24, 2.45) is 0 Å². The van der Waals surface area contributed by atoms with Crippen molar-refractivity contribution in [1.29, 1.82) is 0 Å². The third-order valence-corrected chi connectivity index (χ3v) is 9.73. The van der Waals surface area contributed by atoms with Gasteiger partial charge in [0.25, 0.3) is 5.91 Å². The smallest absolute Gasteiger partial charge is 0.251 e. The molecule has 0 aliphatic carbocycles. The number of sulfone groups is 1. The standard InChI is InChI=1S/C30H29FN6O5S.H2/c31-27-7-11-41-24-5-3-19(13-26(24)43(27,39)40)30(38)34-17-21-14-23-20(16-32-21)4-6-28(35-23)37-10-12-42-25-15-22(18-33-29(25)37)36-8-1-2-9-36;/h3-6,13-16,18,27H,1-2,7-12,17H2,(H,34,38);1H/t27-;/m1./s1. The van der Waals surface area contributed by atoms with Crippen LogP contribution in [0, 0.1) is 0 Å². The molecule has 1 saturated heterocycles. The fraction of sp³-hybridized carbons (Fsp3) is 0.333. The Hall–Kier alpha value is -4.52. The molecule has 0 bridgehead atoms. The van der Waals surface area contributed by atoms with Crippen LogP contribution in [0.5, 0.6) is 11.5 Å². The zero-order valence-corrected chi connectivity index (χ0v) is 24.0. The maximum absolute atomic E-state index is 14.2. The number of carbonyl (C=O) groups is 1. The Morgan fingerprint density at radius 2 is 1.84 bits per heavy atom. The van der Waals surface area contributed by atoms with Gasteiger partial charge in [0.15, 0.2) is 11.6 Å². The zero-order valence-electron chi connectivity index (χ0n) is 23.2. The monoisotopic (exact) mass is 606 g/mol. The van der Waals surface area contributed by atoms with E-state index in [0.717, 1.165) is 47.6 Å². The van der Waals surface area contributed by atoms with Gasteiger partial charge >= 0.3 is 0 Å². The lowest BCUT2D eigenvalue weighted by molar-refractivity contribution is 0.0950. The van der Waals surface area contributed by atoms with Gasteiger partial charge in [0.1, 0.15) is 23.1 Å². The molecular formula is C30H31FN6O5S. The summed E-state index contributed by atoms with van der Waals surface area (Å²) < 4.78 is 50.7. The van der Waals surface area contributed by atoms with Crippen LogP contribution in [-0.4, -0.2) is 67.6 Å². The van der Waals surface area contributed by atoms with Crippen LogP contribution in [0.2, 0.25) is 0 Å². The molecule has 43 heavy (non-hydrogen) atoms. The van der Waals surface area contributed by atoms with Crippen molar-refractivity contribution in [2.45, 2.75) is 36.2 Å². The molecule has 224 valence electrons. The molecule has 4 aromatic rings. The van der Waals surface area contributed by atoms with Crippen molar-refractivity contribution in [3.63, 3.8) is 0 Å². The van der Waals surface area contributed by atoms with Gasteiger partial charge in [0.2, 0.25) is 15.3 Å². The Labute approximate surface area is 249 Å². The number of amides is 1. The number of hydrogen-bond donors (Lipinski definition) is 1. The van der Waals surface area contributed by atoms with Gasteiger partial charge in [-0.1, -0.05) is 0 Å². The molecule has 3 aliphatic heterocycles. The number of nitrogens with zero attached hydrogens (tertiary/aromatic N) is 5. The van der Waals surface area contributed by atoms with Gasteiger partial charge in [-0.05, 0) is 49.2 Å². The van der Waals surface area contributed by atoms with Crippen molar-refractivity contribution < 1.29 is 28.5 Å². The van der Waals surface area contributed by atoms with Crippen LogP contribution in [0.4, 0.5) is 21.7 Å². The first kappa shape index (κ1) is 27.3. The molecule has 1 N–H and O–H groups in total. The van der Waals surface area contributed by atoms with E-state index < -0.39 is 21.2 Å². The molecular weight excluding hydrogens is 575 g/mol. The Morgan fingerprint density at radius 1 is 1.00 bits per heavy atom. The van der Waals surface area contributed by atoms with Crippen LogP contribution < -0.4 is 24.6 Å². The number of pyridine rings is 3. The lowest BCUT2D eigenvalue weighted by Gasteiger charge is -2.30. The van der Waals surface area contributed by atoms with E-state index in [1.54, 1.807) is 12.3 Å². The van der Waals surface area contributed by atoms with Gasteiger partial charge in [-0.2, -0.15) is 0 Å². The van der Waals surface area contributed by atoms with Gasteiger partial charge in [0, 0.05) is 44.1 Å². The molecule has 1 atom stereocenters. The SMILES string of the molecule is O=C(NCc1cc2nc(N3CCOc4cc(N5CCCC5)cnc43)ccc2cn1)c1ccc2c(c1)S(=O)(=O)[C@@H](F)CCO2.[HH]. The molecule has 1 amide bonds. The fourth-order valence-electron chi connectivity index (χ4n) is 5.57. The third-order valence-electron chi connectivity index (χ3n) is 7.89. The first-order valence-corrected chi connectivity index (χ1v) is 15.8. The average Bonchev–Trinajstić information content (AvgIpc) is 3.54. The number of alkyl halides is 1. The topological polar surface area (TPSA) is 127 Å². The highest BCUT2D eigenvalue weighted by Crippen LogP contribution is 2.37. The highest BCUT2D eigenvalue weighted by Gasteiger charge is 2.33. The molecule has 0 unspecified atom stereocenters. The summed E-state index contributed by atoms with van der Waals surface area (Å²) in [5.74, 6) is 1.69. The number of nitrogens with one attached hydrogen (secondary N) is 1. The second kappa shape index (κ2) is 11.0. The highest BCUT2D eigenvalue weighted by atomic mass is 32.2. The predicted octanol–water partition coefficient (Wildman–Crippen LogP) is 4.18. The van der Waals surface area contributed by atoms with E-state index in [1.165, 1.54) is 25.0 Å². The molecule has 0 spiro atoms. The van der Waals surface area contributed by atoms with Gasteiger partial charge in [-0.15, -0.1) is 0 Å². The van der Waals surface area contributed by atoms with Crippen molar-refractivity contribution in [1.82, 2.24) is 20.3 Å². The molecule has 11 nitrogen and oxygen atoms in total. The van der Waals surface area contributed by atoms with Crippen LogP contribution in [0.25, 0.3) is 10.9 Å². The highest BCUT2D eigenvalue weighted by molar-refractivity contribution is 7.92. The molecule has 1 aromatic carbocycles. The normalized spacial score (nSPS) is 19.1. The lowest BCUT2D eigenvalue weighted by Crippen LogP contribution is -2.30. The van der Waals surface area contributed by atoms with Crippen molar-refractivity contribution in [2.75, 3.05) is 42.6 Å². The number of aromatic nitrogens is 3. The maximum atomic E-state index is 14.2. The van der Waals surface area contributed by atoms with Gasteiger partial charge in [-0.3, -0.25) is 9.78 Å². The first-order valence-electron chi connectivity index (χ1n) is 14.2. The number of fused-ring (bicyclic) bond motifs is 3. The van der Waals surface area contributed by atoms with Gasteiger partial charge < -0.3 is 24.6 Å². The van der Waals surface area contributed by atoms with Crippen LogP contribution in [0.1, 0.15) is 36.7 Å². The number of carbonyl (C=O) groups excluding carboxylic acids is 1. The van der Waals surface area contributed by atoms with Crippen LogP contribution >= 0.6 is 0 Å². The molecule has 3 aliphatic rings. The summed E-state index contributed by atoms with van der Waals surface area (Å²) in [5.41, 5.74) is 0.319. The van der Waals surface area contributed by atoms with Crippen molar-refractivity contribution in [3.05, 3.63) is 66.1 Å². The van der Waals surface area contributed by atoms with E-state index in [2.05, 4.69) is 15.2 Å². The minimum Gasteiger partial charge on any atom is -0.492 e. The number of benzene rings is 1. The third kappa shape index (κ3) is 5.18. The van der Waals surface area contributed by atoms with E-state index in [-0.39, 0.29) is 37.2 Å². The second-order valence-corrected chi connectivity index (χ2v) is 12.7. The first-order chi connectivity index (χ1) is 20.9. The Kier molecular flexibility index (Phi) is 6.96. The van der Waals surface area contributed by atoms with Crippen LogP contribution in [-0.2, 0) is 16.4 Å². The summed E-state index contributed by atoms with van der Waals surface area (Å²) in [6.07, 6.45) is 5.67. The zero-order chi connectivity index (χ0) is 29.6. The Balaban J connectivity index is 0.00000343. The molecule has 13 heteroatoms. The second-order valence-electron chi connectivity index (χ2n) is 10.7. The Morgan fingerprint density at radius 3 is 2.70 bits per heavy atom. The molecule has 1 fully saturated rings. The summed E-state index contributed by atoms with van der Waals surface area (Å²) in [5, 5.41) is 3.60. The summed E-state index contributed by atoms with van der Waals surface area (Å²) in [4.78, 5) is 31.0. The van der Waals surface area contributed by atoms with E-state index in [4.69, 9.17) is 19.4 Å². The number of hydrogen-bond acceptors (Lipinski definition) is 10. The number of halogens is 1. The Bertz CT molecular complexity index is 1840. The maximum Gasteiger partial charge on any atom is 0.251 e. The van der Waals surface area contributed by atoms with Crippen molar-refractivity contribution >= 4 is 44.0 Å². The van der Waals surface area contributed by atoms with E-state index in [9.17, 15) is 17.6 Å². The molecule has 3 aromatic heterocycles. The number of anilines is 3. The molecule has 7 rings (SSSR count). The minimum absolute atomic E-state index is 0. The number of rotatable bonds is 5. The van der Waals surface area contributed by atoms with E-state index in [1.807, 2.05) is 29.3 Å². The van der Waals surface area contributed by atoms with Crippen molar-refractivity contribution in [3.8, 4) is 11.5 Å². The van der Waals surface area contributed by atoms with Gasteiger partial charge in [0.05, 0.1) is 42.8 Å². The predicted molar refractivity (Wildman–Crippen MR) is 160 cm³/mol. The fourth-order valence-corrected chi connectivity index (χ4v) is 6.95. The summed E-state index contributed by atoms with van der Waals surface area (Å²) in [7, 11) is -4.25. The molecule has 0 radical (unpaired) electrons. The lowest BCUT2D eigenvalue weighted by atomic mass is 10.2. The summed E-state index contributed by atoms with van der Waals surface area (Å²) in [6, 6.07) is 11.7. The van der Waals surface area contributed by atoms with Crippen LogP contribution in [0.3, 0.4) is 0 Å². The number of ether oxygens (including phenoxy) is 2. The van der Waals surface area contributed by atoms with Crippen LogP contribution in [0.15, 0.2) is 59.8 Å². The van der Waals surface area contributed by atoms with E-state index in [0.29, 0.717) is 24.4 Å². The molecule has 0 saturated carbocycles. The largest absolute Gasteiger partial charge is 0.492 e. The summed E-state index contributed by atoms with van der Waals surface area (Å²) >= 11 is 0. The molecule has 6 heterocycles. The van der Waals surface area contributed by atoms with Gasteiger partial charge in [-0.25, -0.2) is 22.8 Å². The summed E-state index contributed by atoms with van der Waals surface area (Å²) in [6.45, 7) is 3.17. The minimum atomic E-state index is -4.25. The average molecular weight is 607 g/mol. The van der Waals surface area contributed by atoms with E-state index >= 15 is 0 Å².